The van der Waals surface area contributed by atoms with Gasteiger partial charge in [-0.15, -0.1) is 6.10 Å². The molecule has 2 N–H and O–H groups in total. The Morgan fingerprint density at radius 1 is 1.06 bits per heavy atom. The molecule has 0 saturated heterocycles. The number of hydrogen-bond acceptors (Lipinski definition) is 5. The van der Waals surface area contributed by atoms with Gasteiger partial charge >= 0.3 is 59.1 Å². The Bertz CT molecular complexity index is 738. The summed E-state index contributed by atoms with van der Waals surface area (Å²) in [6, 6.07) is 0. The number of aliphatic hydroxyl groups is 1. The number of aliphatic hydroxyl groups excluding tert-OH is 1. The van der Waals surface area contributed by atoms with Gasteiger partial charge in [-0.05, 0) is 91.3 Å². The van der Waals surface area contributed by atoms with Crippen LogP contribution in [-0.2, 0) is 9.59 Å². The molecule has 0 bridgehead atoms. The number of carbonyl (C=O) groups excluding carboxylic acids is 2. The second-order valence-corrected chi connectivity index (χ2v) is 12.0. The van der Waals surface area contributed by atoms with E-state index in [1.165, 1.54) is 6.42 Å². The van der Waals surface area contributed by atoms with Crippen molar-refractivity contribution in [3.63, 3.8) is 0 Å². The zero-order valence-electron chi connectivity index (χ0n) is 22.0. The molecule has 34 heavy (non-hydrogen) atoms. The van der Waals surface area contributed by atoms with Crippen molar-refractivity contribution < 1.29 is 84.0 Å². The Hall–Kier alpha value is 0.860. The molecular weight excluding hydrogens is 452 g/mol. The molecule has 0 aliphatic heterocycles. The second-order valence-electron chi connectivity index (χ2n) is 12.0. The van der Waals surface area contributed by atoms with Crippen molar-refractivity contribution in [2.45, 2.75) is 97.2 Å². The first kappa shape index (κ1) is 31.1. The number of carboxylic acid groups (broad SMARTS) is 1. The quantitative estimate of drug-likeness (QED) is 0.363. The summed E-state index contributed by atoms with van der Waals surface area (Å²) in [4.78, 5) is 22.6. The summed E-state index contributed by atoms with van der Waals surface area (Å²) in [6.07, 6.45) is 8.34. The van der Waals surface area contributed by atoms with E-state index in [0.29, 0.717) is 48.3 Å². The monoisotopic (exact) mass is 493 g/mol. The maximum Gasteiger partial charge on any atom is 1.00 e. The van der Waals surface area contributed by atoms with Crippen LogP contribution in [0.1, 0.15) is 85.0 Å². The first-order valence-corrected chi connectivity index (χ1v) is 12.9. The topological polar surface area (TPSA) is 113 Å². The van der Waals surface area contributed by atoms with Crippen LogP contribution in [0.2, 0.25) is 0 Å². The molecule has 182 valence electrons. The Kier molecular flexibility index (Phi) is 11.1. The Balaban J connectivity index is 0.00000204. The van der Waals surface area contributed by atoms with Gasteiger partial charge in [0, 0.05) is 6.42 Å². The summed E-state index contributed by atoms with van der Waals surface area (Å²) in [5, 5.41) is 36.7. The average Bonchev–Trinajstić information content (AvgIpc) is 3.10. The Morgan fingerprint density at radius 2 is 1.76 bits per heavy atom. The van der Waals surface area contributed by atoms with Crippen LogP contribution in [0.15, 0.2) is 0 Å². The first-order chi connectivity index (χ1) is 15.1. The molecule has 4 aliphatic rings. The van der Waals surface area contributed by atoms with Crippen LogP contribution in [0, 0.1) is 46.3 Å². The van der Waals surface area contributed by atoms with E-state index in [1.807, 2.05) is 0 Å². The molecule has 6 nitrogen and oxygen atoms in total. The van der Waals surface area contributed by atoms with Gasteiger partial charge in [0.25, 0.3) is 0 Å². The molecule has 0 aromatic heterocycles. The van der Waals surface area contributed by atoms with Crippen molar-refractivity contribution in [1.29, 1.82) is 0 Å². The first-order valence-electron chi connectivity index (χ1n) is 12.9. The maximum atomic E-state index is 12.2. The molecule has 0 aromatic carbocycles. The minimum Gasteiger partial charge on any atom is -0.852 e. The van der Waals surface area contributed by atoms with Gasteiger partial charge in [0.2, 0.25) is 5.91 Å². The van der Waals surface area contributed by atoms with Gasteiger partial charge < -0.3 is 25.4 Å². The SMILES string of the molecule is C[C@H](CCC(=O)NCC(=O)[O-])[C@H]1CCC2C3CCC4C[C@H]([O-])CC[C@]4(C)C3C[C@H](O)[C@@]21C.[Na+].[Na+]. The van der Waals surface area contributed by atoms with Crippen molar-refractivity contribution in [2.24, 2.45) is 46.3 Å². The van der Waals surface area contributed by atoms with Crippen LogP contribution >= 0.6 is 0 Å². The zero-order chi connectivity index (χ0) is 23.3. The van der Waals surface area contributed by atoms with E-state index in [-0.39, 0.29) is 82.0 Å². The van der Waals surface area contributed by atoms with Crippen molar-refractivity contribution in [3.05, 3.63) is 0 Å². The summed E-state index contributed by atoms with van der Waals surface area (Å²) < 4.78 is 0. The van der Waals surface area contributed by atoms with Gasteiger partial charge in [0.05, 0.1) is 18.6 Å². The van der Waals surface area contributed by atoms with Crippen LogP contribution in [0.5, 0.6) is 0 Å². The number of carbonyl (C=O) groups is 2. The summed E-state index contributed by atoms with van der Waals surface area (Å²) >= 11 is 0. The van der Waals surface area contributed by atoms with E-state index in [1.54, 1.807) is 0 Å². The van der Waals surface area contributed by atoms with E-state index >= 15 is 0 Å². The third-order valence-corrected chi connectivity index (χ3v) is 10.7. The smallest absolute Gasteiger partial charge is 0.852 e. The minimum absolute atomic E-state index is 0. The third-order valence-electron chi connectivity index (χ3n) is 10.7. The van der Waals surface area contributed by atoms with Crippen LogP contribution < -0.4 is 74.6 Å². The standard InChI is InChI=1S/C26H42NO5.2Na/c1-15(4-9-23(30)27-14-24(31)32)19-7-8-20-18-6-5-16-12-17(28)10-11-25(16,2)21(18)13-22(29)26(19,20)3;;/h15-22,29H,4-14H2,1-3H3,(H,27,30)(H,31,32);;/q-1;2*+1/p-1/t15-,16?,17-,18?,19-,20?,21?,22+,25+,26-;;/m1../s1. The van der Waals surface area contributed by atoms with Gasteiger partial charge in [-0.1, -0.05) is 33.6 Å². The van der Waals surface area contributed by atoms with Crippen LogP contribution in [0.4, 0.5) is 0 Å². The van der Waals surface area contributed by atoms with Crippen molar-refractivity contribution >= 4 is 11.9 Å². The van der Waals surface area contributed by atoms with Gasteiger partial charge in [-0.3, -0.25) is 4.79 Å². The van der Waals surface area contributed by atoms with Gasteiger partial charge in [0.1, 0.15) is 0 Å². The van der Waals surface area contributed by atoms with E-state index in [0.717, 1.165) is 44.9 Å². The van der Waals surface area contributed by atoms with E-state index in [9.17, 15) is 24.9 Å². The molecule has 8 heteroatoms. The van der Waals surface area contributed by atoms with Gasteiger partial charge in [-0.2, -0.15) is 0 Å². The predicted octanol–water partition coefficient (Wildman–Crippen LogP) is -4.36. The maximum absolute atomic E-state index is 12.2. The zero-order valence-corrected chi connectivity index (χ0v) is 26.0. The molecule has 0 radical (unpaired) electrons. The number of nitrogens with one attached hydrogen (secondary N) is 1. The van der Waals surface area contributed by atoms with Crippen molar-refractivity contribution in [2.75, 3.05) is 6.54 Å². The fourth-order valence-electron chi connectivity index (χ4n) is 8.96. The fourth-order valence-corrected chi connectivity index (χ4v) is 8.96. The van der Waals surface area contributed by atoms with Crippen molar-refractivity contribution in [3.8, 4) is 0 Å². The number of rotatable bonds is 6. The fraction of sp³-hybridized carbons (Fsp3) is 0.923. The number of amides is 1. The summed E-state index contributed by atoms with van der Waals surface area (Å²) in [5.41, 5.74) is 0.0773. The summed E-state index contributed by atoms with van der Waals surface area (Å²) in [6.45, 7) is 6.46. The molecule has 1 amide bonds. The molecule has 10 atom stereocenters. The van der Waals surface area contributed by atoms with E-state index < -0.39 is 18.6 Å². The van der Waals surface area contributed by atoms with Crippen LogP contribution in [0.3, 0.4) is 0 Å². The summed E-state index contributed by atoms with van der Waals surface area (Å²) in [7, 11) is 0. The van der Waals surface area contributed by atoms with Gasteiger partial charge in [-0.25, -0.2) is 0 Å². The number of fused-ring (bicyclic) bond motifs is 5. The van der Waals surface area contributed by atoms with Crippen LogP contribution in [-0.4, -0.2) is 35.7 Å². The van der Waals surface area contributed by atoms with Gasteiger partial charge in [0.15, 0.2) is 0 Å². The Labute approximate surface area is 249 Å². The average molecular weight is 494 g/mol. The normalized spacial score (nSPS) is 43.7. The summed E-state index contributed by atoms with van der Waals surface area (Å²) in [5.74, 6) is 1.34. The molecule has 4 saturated carbocycles. The molecule has 4 unspecified atom stereocenters. The third kappa shape index (κ3) is 5.65. The molecule has 4 rings (SSSR count). The molecule has 0 heterocycles. The van der Waals surface area contributed by atoms with Crippen molar-refractivity contribution in [1.82, 2.24) is 5.32 Å². The molecule has 0 aromatic rings. The largest absolute Gasteiger partial charge is 1.00 e. The molecule has 4 aliphatic carbocycles. The van der Waals surface area contributed by atoms with E-state index in [4.69, 9.17) is 0 Å². The molecule has 4 fully saturated rings. The minimum atomic E-state index is -1.27. The second kappa shape index (κ2) is 12.1. The number of aliphatic carboxylic acids is 1. The predicted molar refractivity (Wildman–Crippen MR) is 117 cm³/mol. The number of hydrogen-bond donors (Lipinski definition) is 2. The van der Waals surface area contributed by atoms with E-state index in [2.05, 4.69) is 26.1 Å². The molecular formula is C26H41NNa2O5. The number of carboxylic acids is 1. The Morgan fingerprint density at radius 3 is 2.44 bits per heavy atom. The molecule has 0 spiro atoms. The van der Waals surface area contributed by atoms with Crippen LogP contribution in [0.25, 0.3) is 0 Å².